The predicted molar refractivity (Wildman–Crippen MR) is 80.4 cm³/mol. The lowest BCUT2D eigenvalue weighted by molar-refractivity contribution is 0.0951. The summed E-state index contributed by atoms with van der Waals surface area (Å²) >= 11 is 0. The number of hydrogen-bond donors (Lipinski definition) is 1. The molecule has 0 atom stereocenters. The van der Waals surface area contributed by atoms with E-state index in [1.165, 1.54) is 0 Å². The number of rotatable bonds is 4. The quantitative estimate of drug-likeness (QED) is 0.797. The van der Waals surface area contributed by atoms with Crippen LogP contribution in [0.3, 0.4) is 0 Å². The van der Waals surface area contributed by atoms with Crippen molar-refractivity contribution in [3.05, 3.63) is 78.0 Å². The largest absolute Gasteiger partial charge is 0.472 e. The van der Waals surface area contributed by atoms with Gasteiger partial charge in [-0.1, -0.05) is 11.6 Å². The second-order valence-electron chi connectivity index (χ2n) is 4.93. The minimum atomic E-state index is -0.0939. The monoisotopic (exact) mass is 280 g/mol. The van der Waals surface area contributed by atoms with Gasteiger partial charge in [-0.05, 0) is 37.3 Å². The van der Waals surface area contributed by atoms with Crippen LogP contribution in [0.4, 0.5) is 0 Å². The summed E-state index contributed by atoms with van der Waals surface area (Å²) < 4.78 is 6.94. The van der Waals surface area contributed by atoms with Gasteiger partial charge in [0.25, 0.3) is 5.91 Å². The minimum absolute atomic E-state index is 0.0939. The SMILES string of the molecule is Cc1ccc(-n2cccc2)c(C(=O)NCc2ccoc2)c1. The van der Waals surface area contributed by atoms with Crippen LogP contribution in [0.15, 0.2) is 65.7 Å². The van der Waals surface area contributed by atoms with E-state index >= 15 is 0 Å². The minimum Gasteiger partial charge on any atom is -0.472 e. The molecule has 2 aromatic heterocycles. The standard InChI is InChI=1S/C17H16N2O2/c1-13-4-5-16(19-7-2-3-8-19)15(10-13)17(20)18-11-14-6-9-21-12-14/h2-10,12H,11H2,1H3,(H,18,20). The van der Waals surface area contributed by atoms with E-state index in [0.29, 0.717) is 12.1 Å². The van der Waals surface area contributed by atoms with Gasteiger partial charge in [-0.25, -0.2) is 0 Å². The summed E-state index contributed by atoms with van der Waals surface area (Å²) in [6, 6.07) is 11.6. The van der Waals surface area contributed by atoms with Crippen molar-refractivity contribution in [1.82, 2.24) is 9.88 Å². The van der Waals surface area contributed by atoms with Crippen molar-refractivity contribution < 1.29 is 9.21 Å². The second-order valence-corrected chi connectivity index (χ2v) is 4.93. The Balaban J connectivity index is 1.86. The molecule has 21 heavy (non-hydrogen) atoms. The molecule has 3 rings (SSSR count). The van der Waals surface area contributed by atoms with Gasteiger partial charge in [0.2, 0.25) is 0 Å². The fourth-order valence-electron chi connectivity index (χ4n) is 2.22. The van der Waals surface area contributed by atoms with E-state index in [1.807, 2.05) is 60.3 Å². The average Bonchev–Trinajstić information content (AvgIpc) is 3.18. The summed E-state index contributed by atoms with van der Waals surface area (Å²) in [4.78, 5) is 12.5. The number of hydrogen-bond acceptors (Lipinski definition) is 2. The Morgan fingerprint density at radius 1 is 1.24 bits per heavy atom. The van der Waals surface area contributed by atoms with Crippen molar-refractivity contribution in [3.63, 3.8) is 0 Å². The van der Waals surface area contributed by atoms with E-state index in [0.717, 1.165) is 16.8 Å². The Hall–Kier alpha value is -2.75. The Morgan fingerprint density at radius 3 is 2.76 bits per heavy atom. The van der Waals surface area contributed by atoms with Crippen molar-refractivity contribution in [2.75, 3.05) is 0 Å². The molecule has 106 valence electrons. The molecule has 0 saturated carbocycles. The molecular weight excluding hydrogens is 264 g/mol. The molecule has 0 aliphatic rings. The van der Waals surface area contributed by atoms with Crippen LogP contribution in [0, 0.1) is 6.92 Å². The lowest BCUT2D eigenvalue weighted by Crippen LogP contribution is -2.24. The maximum atomic E-state index is 12.5. The molecule has 2 heterocycles. The molecule has 0 radical (unpaired) electrons. The second kappa shape index (κ2) is 5.71. The van der Waals surface area contributed by atoms with Crippen molar-refractivity contribution in [2.45, 2.75) is 13.5 Å². The van der Waals surface area contributed by atoms with Gasteiger partial charge >= 0.3 is 0 Å². The number of nitrogens with zero attached hydrogens (tertiary/aromatic N) is 1. The van der Waals surface area contributed by atoms with Gasteiger partial charge in [0.15, 0.2) is 0 Å². The number of aromatic nitrogens is 1. The van der Waals surface area contributed by atoms with E-state index in [2.05, 4.69) is 5.32 Å². The fourth-order valence-corrected chi connectivity index (χ4v) is 2.22. The predicted octanol–water partition coefficient (Wildman–Crippen LogP) is 3.31. The zero-order chi connectivity index (χ0) is 14.7. The van der Waals surface area contributed by atoms with Crippen LogP contribution in [0.25, 0.3) is 5.69 Å². The van der Waals surface area contributed by atoms with Crippen LogP contribution in [0.1, 0.15) is 21.5 Å². The Labute approximate surface area is 123 Å². The number of benzene rings is 1. The third kappa shape index (κ3) is 2.89. The lowest BCUT2D eigenvalue weighted by atomic mass is 10.1. The van der Waals surface area contributed by atoms with E-state index in [4.69, 9.17) is 4.42 Å². The number of carbonyl (C=O) groups is 1. The van der Waals surface area contributed by atoms with Gasteiger partial charge in [0.1, 0.15) is 0 Å². The van der Waals surface area contributed by atoms with Gasteiger partial charge < -0.3 is 14.3 Å². The number of aryl methyl sites for hydroxylation is 1. The number of amides is 1. The molecule has 1 amide bonds. The topological polar surface area (TPSA) is 47.2 Å². The molecule has 0 saturated heterocycles. The van der Waals surface area contributed by atoms with Crippen LogP contribution in [0.5, 0.6) is 0 Å². The highest BCUT2D eigenvalue weighted by atomic mass is 16.3. The van der Waals surface area contributed by atoms with Crippen molar-refractivity contribution in [3.8, 4) is 5.69 Å². The summed E-state index contributed by atoms with van der Waals surface area (Å²) in [5, 5.41) is 2.92. The molecule has 3 aromatic rings. The first-order valence-electron chi connectivity index (χ1n) is 6.77. The molecule has 4 heteroatoms. The zero-order valence-corrected chi connectivity index (χ0v) is 11.7. The van der Waals surface area contributed by atoms with E-state index in [1.54, 1.807) is 12.5 Å². The molecular formula is C17H16N2O2. The smallest absolute Gasteiger partial charge is 0.253 e. The molecule has 4 nitrogen and oxygen atoms in total. The van der Waals surface area contributed by atoms with E-state index < -0.39 is 0 Å². The lowest BCUT2D eigenvalue weighted by Gasteiger charge is -2.12. The van der Waals surface area contributed by atoms with Gasteiger partial charge in [-0.3, -0.25) is 4.79 Å². The number of carbonyl (C=O) groups excluding carboxylic acids is 1. The first kappa shape index (κ1) is 13.2. The van der Waals surface area contributed by atoms with Crippen LogP contribution < -0.4 is 5.32 Å². The molecule has 0 unspecified atom stereocenters. The van der Waals surface area contributed by atoms with Gasteiger partial charge in [-0.15, -0.1) is 0 Å². The van der Waals surface area contributed by atoms with E-state index in [-0.39, 0.29) is 5.91 Å². The van der Waals surface area contributed by atoms with Gasteiger partial charge in [0, 0.05) is 24.5 Å². The van der Waals surface area contributed by atoms with Gasteiger partial charge in [0.05, 0.1) is 23.8 Å². The highest BCUT2D eigenvalue weighted by Gasteiger charge is 2.12. The number of furan rings is 1. The van der Waals surface area contributed by atoms with Crippen LogP contribution >= 0.6 is 0 Å². The molecule has 0 bridgehead atoms. The average molecular weight is 280 g/mol. The highest BCUT2D eigenvalue weighted by Crippen LogP contribution is 2.17. The fraction of sp³-hybridized carbons (Fsp3) is 0.118. The van der Waals surface area contributed by atoms with Crippen LogP contribution in [-0.4, -0.2) is 10.5 Å². The highest BCUT2D eigenvalue weighted by molar-refractivity contribution is 5.98. The van der Waals surface area contributed by atoms with Crippen molar-refractivity contribution >= 4 is 5.91 Å². The summed E-state index contributed by atoms with van der Waals surface area (Å²) in [7, 11) is 0. The first-order chi connectivity index (χ1) is 10.2. The molecule has 0 fully saturated rings. The summed E-state index contributed by atoms with van der Waals surface area (Å²) in [6.07, 6.45) is 7.08. The molecule has 0 spiro atoms. The molecule has 0 aliphatic carbocycles. The first-order valence-corrected chi connectivity index (χ1v) is 6.77. The van der Waals surface area contributed by atoms with Crippen LogP contribution in [0.2, 0.25) is 0 Å². The van der Waals surface area contributed by atoms with Gasteiger partial charge in [-0.2, -0.15) is 0 Å². The van der Waals surface area contributed by atoms with Crippen LogP contribution in [-0.2, 0) is 6.54 Å². The Morgan fingerprint density at radius 2 is 2.05 bits per heavy atom. The molecule has 0 aliphatic heterocycles. The third-order valence-corrected chi connectivity index (χ3v) is 3.31. The summed E-state index contributed by atoms with van der Waals surface area (Å²) in [5.41, 5.74) is 3.53. The summed E-state index contributed by atoms with van der Waals surface area (Å²) in [6.45, 7) is 2.43. The third-order valence-electron chi connectivity index (χ3n) is 3.31. The van der Waals surface area contributed by atoms with E-state index in [9.17, 15) is 4.79 Å². The maximum Gasteiger partial charge on any atom is 0.253 e. The van der Waals surface area contributed by atoms with Crippen molar-refractivity contribution in [2.24, 2.45) is 0 Å². The van der Waals surface area contributed by atoms with Crippen molar-refractivity contribution in [1.29, 1.82) is 0 Å². The number of nitrogens with one attached hydrogen (secondary N) is 1. The molecule has 1 N–H and O–H groups in total. The maximum absolute atomic E-state index is 12.5. The normalized spacial score (nSPS) is 10.5. The summed E-state index contributed by atoms with van der Waals surface area (Å²) in [5.74, 6) is -0.0939. The Bertz CT molecular complexity index is 728. The molecule has 1 aromatic carbocycles. The zero-order valence-electron chi connectivity index (χ0n) is 11.7. The Kier molecular flexibility index (Phi) is 3.60.